The van der Waals surface area contributed by atoms with E-state index in [4.69, 9.17) is 9.47 Å². The van der Waals surface area contributed by atoms with Crippen molar-refractivity contribution >= 4 is 5.97 Å². The molecular weight excluding hydrogens is 278 g/mol. The zero-order chi connectivity index (χ0) is 15.8. The van der Waals surface area contributed by atoms with Crippen LogP contribution in [-0.2, 0) is 9.53 Å². The van der Waals surface area contributed by atoms with Crippen LogP contribution < -0.4 is 4.74 Å². The zero-order valence-electron chi connectivity index (χ0n) is 13.7. The van der Waals surface area contributed by atoms with Crippen LogP contribution in [-0.4, -0.2) is 43.7 Å². The van der Waals surface area contributed by atoms with Crippen LogP contribution in [0.5, 0.6) is 5.75 Å². The van der Waals surface area contributed by atoms with E-state index in [0.717, 1.165) is 44.6 Å². The number of hydrogen-bond donors (Lipinski definition) is 0. The molecule has 4 nitrogen and oxygen atoms in total. The first-order valence-corrected chi connectivity index (χ1v) is 8.27. The van der Waals surface area contributed by atoms with E-state index in [-0.39, 0.29) is 11.4 Å². The number of ether oxygens (including phenoxy) is 2. The summed E-state index contributed by atoms with van der Waals surface area (Å²) in [5, 5.41) is 0. The lowest BCUT2D eigenvalue weighted by Crippen LogP contribution is -2.45. The van der Waals surface area contributed by atoms with Gasteiger partial charge in [-0.1, -0.05) is 25.1 Å². The smallest absolute Gasteiger partial charge is 0.312 e. The standard InChI is InChI=1S/C18H27NO3/c1-3-19-13-10-18(11-14-19,17(20)21-4-2)12-15-22-16-8-6-5-7-9-16/h5-9H,3-4,10-15H2,1-2H3. The van der Waals surface area contributed by atoms with E-state index in [1.165, 1.54) is 0 Å². The van der Waals surface area contributed by atoms with Gasteiger partial charge in [0.15, 0.2) is 0 Å². The van der Waals surface area contributed by atoms with Gasteiger partial charge in [0.05, 0.1) is 18.6 Å². The third-order valence-corrected chi connectivity index (χ3v) is 4.56. The number of para-hydroxylation sites is 1. The molecule has 1 heterocycles. The highest BCUT2D eigenvalue weighted by molar-refractivity contribution is 5.77. The van der Waals surface area contributed by atoms with Gasteiger partial charge in [0, 0.05) is 0 Å². The maximum Gasteiger partial charge on any atom is 0.312 e. The predicted octanol–water partition coefficient (Wildman–Crippen LogP) is 3.12. The highest BCUT2D eigenvalue weighted by Gasteiger charge is 2.42. The van der Waals surface area contributed by atoms with Crippen LogP contribution >= 0.6 is 0 Å². The molecule has 1 aromatic carbocycles. The maximum atomic E-state index is 12.5. The first kappa shape index (κ1) is 16.8. The second-order valence-electron chi connectivity index (χ2n) is 5.85. The predicted molar refractivity (Wildman–Crippen MR) is 87.0 cm³/mol. The summed E-state index contributed by atoms with van der Waals surface area (Å²) in [4.78, 5) is 14.8. The molecule has 0 saturated carbocycles. The number of benzene rings is 1. The fourth-order valence-electron chi connectivity index (χ4n) is 3.02. The third kappa shape index (κ3) is 4.23. The van der Waals surface area contributed by atoms with E-state index >= 15 is 0 Å². The van der Waals surface area contributed by atoms with Crippen molar-refractivity contribution in [1.29, 1.82) is 0 Å². The molecule has 0 aromatic heterocycles. The Balaban J connectivity index is 1.94. The fourth-order valence-corrected chi connectivity index (χ4v) is 3.02. The molecule has 1 saturated heterocycles. The summed E-state index contributed by atoms with van der Waals surface area (Å²) in [6.07, 6.45) is 2.44. The zero-order valence-corrected chi connectivity index (χ0v) is 13.7. The molecule has 122 valence electrons. The quantitative estimate of drug-likeness (QED) is 0.726. The van der Waals surface area contributed by atoms with Crippen LogP contribution in [0.2, 0.25) is 0 Å². The van der Waals surface area contributed by atoms with Crippen molar-refractivity contribution in [2.24, 2.45) is 5.41 Å². The molecule has 0 aliphatic carbocycles. The van der Waals surface area contributed by atoms with Gasteiger partial charge >= 0.3 is 5.97 Å². The molecule has 0 bridgehead atoms. The molecule has 0 N–H and O–H groups in total. The summed E-state index contributed by atoms with van der Waals surface area (Å²) < 4.78 is 11.1. The average Bonchev–Trinajstić information content (AvgIpc) is 2.56. The van der Waals surface area contributed by atoms with E-state index in [2.05, 4.69) is 11.8 Å². The average molecular weight is 305 g/mol. The van der Waals surface area contributed by atoms with Gasteiger partial charge in [-0.25, -0.2) is 0 Å². The minimum atomic E-state index is -0.379. The van der Waals surface area contributed by atoms with Gasteiger partial charge < -0.3 is 14.4 Å². The first-order valence-electron chi connectivity index (χ1n) is 8.27. The van der Waals surface area contributed by atoms with E-state index in [1.54, 1.807) is 0 Å². The Bertz CT molecular complexity index is 453. The number of hydrogen-bond acceptors (Lipinski definition) is 4. The Hall–Kier alpha value is -1.55. The number of rotatable bonds is 7. The molecule has 2 rings (SSSR count). The number of piperidine rings is 1. The van der Waals surface area contributed by atoms with Crippen molar-refractivity contribution < 1.29 is 14.3 Å². The van der Waals surface area contributed by atoms with Gasteiger partial charge in [-0.2, -0.15) is 0 Å². The molecule has 22 heavy (non-hydrogen) atoms. The third-order valence-electron chi connectivity index (χ3n) is 4.56. The van der Waals surface area contributed by atoms with E-state index in [0.29, 0.717) is 13.2 Å². The van der Waals surface area contributed by atoms with Crippen molar-refractivity contribution in [2.45, 2.75) is 33.1 Å². The van der Waals surface area contributed by atoms with Crippen LogP contribution in [0.4, 0.5) is 0 Å². The van der Waals surface area contributed by atoms with Crippen LogP contribution in [0.25, 0.3) is 0 Å². The Labute approximate surface area is 133 Å². The minimum absolute atomic E-state index is 0.0533. The first-order chi connectivity index (χ1) is 10.7. The fraction of sp³-hybridized carbons (Fsp3) is 0.611. The lowest BCUT2D eigenvalue weighted by Gasteiger charge is -2.39. The van der Waals surface area contributed by atoms with Gasteiger partial charge in [0.25, 0.3) is 0 Å². The molecule has 1 fully saturated rings. The normalized spacial score (nSPS) is 17.9. The highest BCUT2D eigenvalue weighted by atomic mass is 16.5. The molecule has 0 spiro atoms. The second kappa shape index (κ2) is 8.18. The Kier molecular flexibility index (Phi) is 6.25. The van der Waals surface area contributed by atoms with Crippen molar-refractivity contribution in [3.8, 4) is 5.75 Å². The lowest BCUT2D eigenvalue weighted by molar-refractivity contribution is -0.159. The van der Waals surface area contributed by atoms with Crippen LogP contribution in [0.3, 0.4) is 0 Å². The number of esters is 1. The van der Waals surface area contributed by atoms with E-state index in [9.17, 15) is 4.79 Å². The summed E-state index contributed by atoms with van der Waals surface area (Å²) in [5.74, 6) is 0.801. The molecule has 0 radical (unpaired) electrons. The molecule has 0 amide bonds. The number of likely N-dealkylation sites (tertiary alicyclic amines) is 1. The summed E-state index contributed by atoms with van der Waals surface area (Å²) in [6.45, 7) is 7.98. The Morgan fingerprint density at radius 2 is 1.86 bits per heavy atom. The molecule has 0 unspecified atom stereocenters. The van der Waals surface area contributed by atoms with Gasteiger partial charge in [0.2, 0.25) is 0 Å². The number of carbonyl (C=O) groups excluding carboxylic acids is 1. The van der Waals surface area contributed by atoms with Gasteiger partial charge in [0.1, 0.15) is 5.75 Å². The van der Waals surface area contributed by atoms with Gasteiger partial charge in [-0.3, -0.25) is 4.79 Å². The molecule has 4 heteroatoms. The van der Waals surface area contributed by atoms with Crippen molar-refractivity contribution in [3.63, 3.8) is 0 Å². The molecule has 1 aliphatic rings. The van der Waals surface area contributed by atoms with E-state index in [1.807, 2.05) is 37.3 Å². The van der Waals surface area contributed by atoms with Gasteiger partial charge in [-0.05, 0) is 58.0 Å². The summed E-state index contributed by atoms with van der Waals surface area (Å²) >= 11 is 0. The largest absolute Gasteiger partial charge is 0.494 e. The summed E-state index contributed by atoms with van der Waals surface area (Å²) in [6, 6.07) is 9.76. The second-order valence-corrected chi connectivity index (χ2v) is 5.85. The maximum absolute atomic E-state index is 12.5. The van der Waals surface area contributed by atoms with Crippen LogP contribution in [0.1, 0.15) is 33.1 Å². The Morgan fingerprint density at radius 1 is 1.18 bits per heavy atom. The minimum Gasteiger partial charge on any atom is -0.494 e. The number of carbonyl (C=O) groups is 1. The number of nitrogens with zero attached hydrogens (tertiary/aromatic N) is 1. The molecule has 0 atom stereocenters. The Morgan fingerprint density at radius 3 is 2.45 bits per heavy atom. The molecule has 1 aliphatic heterocycles. The van der Waals surface area contributed by atoms with Crippen LogP contribution in [0.15, 0.2) is 30.3 Å². The SMILES string of the molecule is CCOC(=O)C1(CCOc2ccccc2)CCN(CC)CC1. The van der Waals surface area contributed by atoms with Crippen LogP contribution in [0, 0.1) is 5.41 Å². The topological polar surface area (TPSA) is 38.8 Å². The monoisotopic (exact) mass is 305 g/mol. The van der Waals surface area contributed by atoms with E-state index < -0.39 is 0 Å². The van der Waals surface area contributed by atoms with Crippen molar-refractivity contribution in [2.75, 3.05) is 32.8 Å². The molecule has 1 aromatic rings. The lowest BCUT2D eigenvalue weighted by atomic mass is 9.76. The highest BCUT2D eigenvalue weighted by Crippen LogP contribution is 2.36. The van der Waals surface area contributed by atoms with Crippen molar-refractivity contribution in [3.05, 3.63) is 30.3 Å². The summed E-state index contributed by atoms with van der Waals surface area (Å²) in [7, 11) is 0. The van der Waals surface area contributed by atoms with Gasteiger partial charge in [-0.15, -0.1) is 0 Å². The summed E-state index contributed by atoms with van der Waals surface area (Å²) in [5.41, 5.74) is -0.379. The molecular formula is C18H27NO3. The van der Waals surface area contributed by atoms with Crippen molar-refractivity contribution in [1.82, 2.24) is 4.90 Å².